The van der Waals surface area contributed by atoms with Gasteiger partial charge in [0.15, 0.2) is 11.6 Å². The van der Waals surface area contributed by atoms with Crippen molar-refractivity contribution in [1.29, 1.82) is 0 Å². The van der Waals surface area contributed by atoms with E-state index in [0.29, 0.717) is 19.6 Å². The van der Waals surface area contributed by atoms with Crippen LogP contribution in [0, 0.1) is 5.82 Å². The molecule has 2 aromatic rings. The Kier molecular flexibility index (Phi) is 5.07. The molecule has 106 valence electrons. The molecule has 0 bridgehead atoms. The first-order valence-corrected chi connectivity index (χ1v) is 6.76. The fraction of sp³-hybridized carbons (Fsp3) is 0.312. The van der Waals surface area contributed by atoms with Crippen LogP contribution in [0.15, 0.2) is 42.6 Å². The van der Waals surface area contributed by atoms with Gasteiger partial charge in [-0.25, -0.2) is 4.39 Å². The van der Waals surface area contributed by atoms with Gasteiger partial charge in [-0.1, -0.05) is 12.1 Å². The molecule has 0 saturated heterocycles. The summed E-state index contributed by atoms with van der Waals surface area (Å²) < 4.78 is 19.1. The standard InChI is InChI=1S/C16H19FN2O/c1-2-20-16-7-6-12(10-15(16)17)13(11-18)9-14-5-3-4-8-19-14/h3-8,10,13H,2,9,11,18H2,1H3. The Hall–Kier alpha value is -1.94. The number of rotatable bonds is 6. The summed E-state index contributed by atoms with van der Waals surface area (Å²) >= 11 is 0. The second-order valence-corrected chi connectivity index (χ2v) is 4.58. The third kappa shape index (κ3) is 3.54. The molecule has 1 atom stereocenters. The van der Waals surface area contributed by atoms with Crippen LogP contribution in [-0.2, 0) is 6.42 Å². The summed E-state index contributed by atoms with van der Waals surface area (Å²) in [6.45, 7) is 2.73. The number of halogens is 1. The molecular formula is C16H19FN2O. The molecule has 1 unspecified atom stereocenters. The third-order valence-corrected chi connectivity index (χ3v) is 3.19. The van der Waals surface area contributed by atoms with E-state index < -0.39 is 0 Å². The van der Waals surface area contributed by atoms with Gasteiger partial charge in [0.2, 0.25) is 0 Å². The van der Waals surface area contributed by atoms with Crippen LogP contribution in [0.2, 0.25) is 0 Å². The monoisotopic (exact) mass is 274 g/mol. The molecule has 1 aromatic heterocycles. The zero-order valence-corrected chi connectivity index (χ0v) is 11.6. The first-order valence-electron chi connectivity index (χ1n) is 6.76. The van der Waals surface area contributed by atoms with Gasteiger partial charge in [-0.3, -0.25) is 4.98 Å². The first-order chi connectivity index (χ1) is 9.74. The minimum atomic E-state index is -0.344. The maximum absolute atomic E-state index is 13.9. The van der Waals surface area contributed by atoms with Crippen LogP contribution in [0.5, 0.6) is 5.75 Å². The first kappa shape index (κ1) is 14.5. The summed E-state index contributed by atoms with van der Waals surface area (Å²) in [5.74, 6) is -0.0104. The van der Waals surface area contributed by atoms with E-state index in [2.05, 4.69) is 4.98 Å². The number of hydrogen-bond donors (Lipinski definition) is 1. The van der Waals surface area contributed by atoms with Gasteiger partial charge in [-0.05, 0) is 49.7 Å². The van der Waals surface area contributed by atoms with E-state index in [1.54, 1.807) is 12.3 Å². The van der Waals surface area contributed by atoms with Gasteiger partial charge in [0.25, 0.3) is 0 Å². The molecule has 0 spiro atoms. The van der Waals surface area contributed by atoms with Crippen LogP contribution >= 0.6 is 0 Å². The van der Waals surface area contributed by atoms with Crippen molar-refractivity contribution in [2.24, 2.45) is 5.73 Å². The summed E-state index contributed by atoms with van der Waals surface area (Å²) in [6, 6.07) is 10.8. The molecule has 1 heterocycles. The second-order valence-electron chi connectivity index (χ2n) is 4.58. The number of benzene rings is 1. The fourth-order valence-electron chi connectivity index (χ4n) is 2.15. The summed E-state index contributed by atoms with van der Waals surface area (Å²) in [4.78, 5) is 4.29. The lowest BCUT2D eigenvalue weighted by molar-refractivity contribution is 0.321. The van der Waals surface area contributed by atoms with Crippen molar-refractivity contribution in [3.05, 3.63) is 59.7 Å². The van der Waals surface area contributed by atoms with E-state index in [4.69, 9.17) is 10.5 Å². The summed E-state index contributed by atoms with van der Waals surface area (Å²) in [5, 5.41) is 0. The summed E-state index contributed by atoms with van der Waals surface area (Å²) in [7, 11) is 0. The molecular weight excluding hydrogens is 255 g/mol. The maximum Gasteiger partial charge on any atom is 0.165 e. The average Bonchev–Trinajstić information content (AvgIpc) is 2.48. The van der Waals surface area contributed by atoms with Crippen LogP contribution in [-0.4, -0.2) is 18.1 Å². The highest BCUT2D eigenvalue weighted by Crippen LogP contribution is 2.25. The van der Waals surface area contributed by atoms with Crippen LogP contribution in [0.1, 0.15) is 24.1 Å². The second kappa shape index (κ2) is 7.01. The highest BCUT2D eigenvalue weighted by molar-refractivity contribution is 5.32. The highest BCUT2D eigenvalue weighted by Gasteiger charge is 2.14. The van der Waals surface area contributed by atoms with Gasteiger partial charge in [-0.15, -0.1) is 0 Å². The number of hydrogen-bond acceptors (Lipinski definition) is 3. The van der Waals surface area contributed by atoms with E-state index in [0.717, 1.165) is 11.3 Å². The highest BCUT2D eigenvalue weighted by atomic mass is 19.1. The topological polar surface area (TPSA) is 48.1 Å². The van der Waals surface area contributed by atoms with Crippen molar-refractivity contribution in [3.63, 3.8) is 0 Å². The molecule has 0 amide bonds. The largest absolute Gasteiger partial charge is 0.491 e. The molecule has 2 rings (SSSR count). The molecule has 0 fully saturated rings. The van der Waals surface area contributed by atoms with E-state index in [1.165, 1.54) is 6.07 Å². The van der Waals surface area contributed by atoms with E-state index in [1.807, 2.05) is 31.2 Å². The predicted molar refractivity (Wildman–Crippen MR) is 77.3 cm³/mol. The number of ether oxygens (including phenoxy) is 1. The number of nitrogens with two attached hydrogens (primary N) is 1. The summed E-state index contributed by atoms with van der Waals surface area (Å²) in [5.41, 5.74) is 7.65. The summed E-state index contributed by atoms with van der Waals surface area (Å²) in [6.07, 6.45) is 2.45. The van der Waals surface area contributed by atoms with Crippen LogP contribution in [0.25, 0.3) is 0 Å². The molecule has 0 aliphatic carbocycles. The van der Waals surface area contributed by atoms with Crippen LogP contribution < -0.4 is 10.5 Å². The van der Waals surface area contributed by atoms with Crippen molar-refractivity contribution in [3.8, 4) is 5.75 Å². The van der Waals surface area contributed by atoms with Gasteiger partial charge in [0.1, 0.15) is 0 Å². The van der Waals surface area contributed by atoms with Gasteiger partial charge < -0.3 is 10.5 Å². The number of nitrogens with zero attached hydrogens (tertiary/aromatic N) is 1. The minimum Gasteiger partial charge on any atom is -0.491 e. The van der Waals surface area contributed by atoms with Crippen molar-refractivity contribution in [2.75, 3.05) is 13.2 Å². The fourth-order valence-corrected chi connectivity index (χ4v) is 2.15. The Labute approximate surface area is 118 Å². The Morgan fingerprint density at radius 2 is 2.15 bits per heavy atom. The Bertz CT molecular complexity index is 545. The quantitative estimate of drug-likeness (QED) is 0.881. The molecule has 2 N–H and O–H groups in total. The number of aromatic nitrogens is 1. The molecule has 0 saturated carbocycles. The van der Waals surface area contributed by atoms with E-state index in [-0.39, 0.29) is 17.5 Å². The van der Waals surface area contributed by atoms with Gasteiger partial charge in [-0.2, -0.15) is 0 Å². The molecule has 0 radical (unpaired) electrons. The van der Waals surface area contributed by atoms with Crippen LogP contribution in [0.4, 0.5) is 4.39 Å². The Balaban J connectivity index is 2.17. The molecule has 0 aliphatic rings. The Morgan fingerprint density at radius 1 is 1.30 bits per heavy atom. The van der Waals surface area contributed by atoms with E-state index >= 15 is 0 Å². The molecule has 20 heavy (non-hydrogen) atoms. The number of pyridine rings is 1. The minimum absolute atomic E-state index is 0.0510. The van der Waals surface area contributed by atoms with Crippen molar-refractivity contribution in [1.82, 2.24) is 4.98 Å². The SMILES string of the molecule is CCOc1ccc(C(CN)Cc2ccccn2)cc1F. The maximum atomic E-state index is 13.9. The third-order valence-electron chi connectivity index (χ3n) is 3.19. The molecule has 1 aromatic carbocycles. The van der Waals surface area contributed by atoms with Crippen LogP contribution in [0.3, 0.4) is 0 Å². The zero-order chi connectivity index (χ0) is 14.4. The lowest BCUT2D eigenvalue weighted by atomic mass is 9.94. The van der Waals surface area contributed by atoms with Gasteiger partial charge in [0, 0.05) is 17.8 Å². The predicted octanol–water partition coefficient (Wildman–Crippen LogP) is 2.90. The van der Waals surface area contributed by atoms with Crippen molar-refractivity contribution < 1.29 is 9.13 Å². The Morgan fingerprint density at radius 3 is 2.75 bits per heavy atom. The van der Waals surface area contributed by atoms with E-state index in [9.17, 15) is 4.39 Å². The molecule has 3 nitrogen and oxygen atoms in total. The zero-order valence-electron chi connectivity index (χ0n) is 11.6. The molecule has 0 aliphatic heterocycles. The molecule has 4 heteroatoms. The van der Waals surface area contributed by atoms with Crippen molar-refractivity contribution in [2.45, 2.75) is 19.3 Å². The van der Waals surface area contributed by atoms with Gasteiger partial charge >= 0.3 is 0 Å². The van der Waals surface area contributed by atoms with Gasteiger partial charge in [0.05, 0.1) is 6.61 Å². The lowest BCUT2D eigenvalue weighted by Gasteiger charge is -2.16. The van der Waals surface area contributed by atoms with Crippen molar-refractivity contribution >= 4 is 0 Å². The lowest BCUT2D eigenvalue weighted by Crippen LogP contribution is -2.16. The smallest absolute Gasteiger partial charge is 0.165 e. The normalized spacial score (nSPS) is 12.2. The average molecular weight is 274 g/mol.